The first kappa shape index (κ1) is 12.3. The topological polar surface area (TPSA) is 47.0 Å². The monoisotopic (exact) mass is 259 g/mol. The predicted molar refractivity (Wildman–Crippen MR) is 47.0 cm³/mol. The number of alkyl halides is 3. The van der Waals surface area contributed by atoms with Gasteiger partial charge >= 0.3 is 6.18 Å². The highest BCUT2D eigenvalue weighted by Gasteiger charge is 2.33. The first-order valence-corrected chi connectivity index (χ1v) is 5.92. The molecular weight excluding hydrogens is 255 g/mol. The van der Waals surface area contributed by atoms with Gasteiger partial charge in [0.1, 0.15) is 5.69 Å². The van der Waals surface area contributed by atoms with E-state index in [4.69, 9.17) is 10.7 Å². The third-order valence-corrected chi connectivity index (χ3v) is 2.67. The number of aryl methyl sites for hydroxylation is 1. The average molecular weight is 260 g/mol. The highest BCUT2D eigenvalue weighted by atomic mass is 35.7. The lowest BCUT2D eigenvalue weighted by Crippen LogP contribution is -2.10. The molecule has 1 heterocycles. The van der Waals surface area contributed by atoms with Gasteiger partial charge in [-0.3, -0.25) is 0 Å². The summed E-state index contributed by atoms with van der Waals surface area (Å²) in [5.74, 6) is 0. The molecule has 8 heteroatoms. The average Bonchev–Trinajstić information content (AvgIpc) is 1.99. The van der Waals surface area contributed by atoms with Crippen molar-refractivity contribution in [2.24, 2.45) is 0 Å². The summed E-state index contributed by atoms with van der Waals surface area (Å²) in [6.45, 7) is 1.32. The smallest absolute Gasteiger partial charge is 0.230 e. The zero-order valence-corrected chi connectivity index (χ0v) is 8.91. The fourth-order valence-electron chi connectivity index (χ4n) is 0.905. The second kappa shape index (κ2) is 3.64. The molecule has 1 aromatic heterocycles. The quantitative estimate of drug-likeness (QED) is 0.727. The molecule has 0 N–H and O–H groups in total. The van der Waals surface area contributed by atoms with Gasteiger partial charge in [0, 0.05) is 10.7 Å². The van der Waals surface area contributed by atoms with E-state index in [0.29, 0.717) is 0 Å². The fourth-order valence-corrected chi connectivity index (χ4v) is 1.68. The van der Waals surface area contributed by atoms with E-state index < -0.39 is 25.9 Å². The van der Waals surface area contributed by atoms with Crippen molar-refractivity contribution in [3.63, 3.8) is 0 Å². The third-order valence-electron chi connectivity index (χ3n) is 1.49. The van der Waals surface area contributed by atoms with Crippen LogP contribution in [0.2, 0.25) is 0 Å². The van der Waals surface area contributed by atoms with Gasteiger partial charge in [-0.15, -0.1) is 0 Å². The van der Waals surface area contributed by atoms with E-state index in [-0.39, 0.29) is 5.56 Å². The summed E-state index contributed by atoms with van der Waals surface area (Å²) < 4.78 is 58.3. The summed E-state index contributed by atoms with van der Waals surface area (Å²) in [6.07, 6.45) is -4.69. The molecule has 0 bridgehead atoms. The van der Waals surface area contributed by atoms with Crippen LogP contribution in [-0.2, 0) is 15.2 Å². The number of rotatable bonds is 1. The zero-order chi connectivity index (χ0) is 11.9. The van der Waals surface area contributed by atoms with Crippen molar-refractivity contribution in [2.75, 3.05) is 0 Å². The summed E-state index contributed by atoms with van der Waals surface area (Å²) in [6, 6.07) is 1.71. The van der Waals surface area contributed by atoms with Crippen LogP contribution >= 0.6 is 10.7 Å². The van der Waals surface area contributed by atoms with Gasteiger partial charge in [-0.25, -0.2) is 13.4 Å². The number of pyridine rings is 1. The molecule has 0 saturated carbocycles. The van der Waals surface area contributed by atoms with Gasteiger partial charge in [0.05, 0.1) is 0 Å². The Morgan fingerprint density at radius 1 is 1.33 bits per heavy atom. The van der Waals surface area contributed by atoms with Gasteiger partial charge in [0.25, 0.3) is 9.05 Å². The molecule has 3 nitrogen and oxygen atoms in total. The Morgan fingerprint density at radius 2 is 1.87 bits per heavy atom. The SMILES string of the molecule is Cc1cc(C(F)(F)F)nc(S(=O)(=O)Cl)c1. The third kappa shape index (κ3) is 3.07. The molecule has 0 aliphatic rings. The lowest BCUT2D eigenvalue weighted by Gasteiger charge is -2.07. The van der Waals surface area contributed by atoms with Crippen LogP contribution in [0.5, 0.6) is 0 Å². The van der Waals surface area contributed by atoms with E-state index in [1.807, 2.05) is 0 Å². The summed E-state index contributed by atoms with van der Waals surface area (Å²) in [5.41, 5.74) is -1.15. The zero-order valence-electron chi connectivity index (χ0n) is 7.34. The molecule has 1 rings (SSSR count). The normalized spacial score (nSPS) is 12.9. The number of hydrogen-bond donors (Lipinski definition) is 0. The Balaban J connectivity index is 3.43. The number of hydrogen-bond acceptors (Lipinski definition) is 3. The van der Waals surface area contributed by atoms with Crippen LogP contribution in [0.25, 0.3) is 0 Å². The van der Waals surface area contributed by atoms with Gasteiger partial charge < -0.3 is 0 Å². The predicted octanol–water partition coefficient (Wildman–Crippen LogP) is 2.34. The maximum Gasteiger partial charge on any atom is 0.433 e. The van der Waals surface area contributed by atoms with Gasteiger partial charge in [-0.05, 0) is 24.6 Å². The van der Waals surface area contributed by atoms with Gasteiger partial charge in [0.2, 0.25) is 0 Å². The first-order chi connectivity index (χ1) is 6.60. The first-order valence-electron chi connectivity index (χ1n) is 3.61. The number of aromatic nitrogens is 1. The van der Waals surface area contributed by atoms with Gasteiger partial charge in [-0.2, -0.15) is 13.2 Å². The van der Waals surface area contributed by atoms with E-state index in [2.05, 4.69) is 4.98 Å². The van der Waals surface area contributed by atoms with E-state index in [1.165, 1.54) is 6.92 Å². The van der Waals surface area contributed by atoms with Crippen LogP contribution in [0.1, 0.15) is 11.3 Å². The number of halogens is 4. The van der Waals surface area contributed by atoms with Gasteiger partial charge in [0.15, 0.2) is 5.03 Å². The molecule has 0 spiro atoms. The van der Waals surface area contributed by atoms with Crippen molar-refractivity contribution in [1.82, 2.24) is 4.98 Å². The van der Waals surface area contributed by atoms with Gasteiger partial charge in [-0.1, -0.05) is 0 Å². The van der Waals surface area contributed by atoms with Crippen LogP contribution in [0.15, 0.2) is 17.2 Å². The molecule has 0 unspecified atom stereocenters. The highest BCUT2D eigenvalue weighted by molar-refractivity contribution is 8.13. The van der Waals surface area contributed by atoms with Crippen LogP contribution in [0, 0.1) is 6.92 Å². The Morgan fingerprint density at radius 3 is 2.27 bits per heavy atom. The van der Waals surface area contributed by atoms with Crippen molar-refractivity contribution < 1.29 is 21.6 Å². The van der Waals surface area contributed by atoms with Crippen molar-refractivity contribution in [3.05, 3.63) is 23.4 Å². The summed E-state index contributed by atoms with van der Waals surface area (Å²) in [5, 5.41) is -0.795. The molecule has 0 aromatic carbocycles. The molecule has 0 aliphatic heterocycles. The Kier molecular flexibility index (Phi) is 2.97. The number of nitrogens with zero attached hydrogens (tertiary/aromatic N) is 1. The molecule has 0 fully saturated rings. The molecule has 0 atom stereocenters. The molecule has 0 amide bonds. The van der Waals surface area contributed by atoms with E-state index in [9.17, 15) is 21.6 Å². The molecular formula is C7H5ClF3NO2S. The minimum absolute atomic E-state index is 0.122. The Labute approximate surface area is 88.3 Å². The summed E-state index contributed by atoms with van der Waals surface area (Å²) >= 11 is 0. The maximum absolute atomic E-state index is 12.2. The van der Waals surface area contributed by atoms with Crippen LogP contribution < -0.4 is 0 Å². The van der Waals surface area contributed by atoms with Crippen LogP contribution in [-0.4, -0.2) is 13.4 Å². The molecule has 0 aliphatic carbocycles. The summed E-state index contributed by atoms with van der Waals surface area (Å²) in [7, 11) is 0.648. The second-order valence-corrected chi connectivity index (χ2v) is 5.32. The van der Waals surface area contributed by atoms with Crippen molar-refractivity contribution >= 4 is 19.7 Å². The Bertz CT molecular complexity index is 483. The van der Waals surface area contributed by atoms with Crippen LogP contribution in [0.3, 0.4) is 0 Å². The maximum atomic E-state index is 12.2. The summed E-state index contributed by atoms with van der Waals surface area (Å²) in [4.78, 5) is 2.93. The molecule has 0 saturated heterocycles. The lowest BCUT2D eigenvalue weighted by atomic mass is 10.2. The van der Waals surface area contributed by atoms with Crippen molar-refractivity contribution in [3.8, 4) is 0 Å². The standard InChI is InChI=1S/C7H5ClF3NO2S/c1-4-2-5(7(9,10)11)12-6(3-4)15(8,13)14/h2-3H,1H3. The molecule has 0 radical (unpaired) electrons. The fraction of sp³-hybridized carbons (Fsp3) is 0.286. The molecule has 1 aromatic rings. The largest absolute Gasteiger partial charge is 0.433 e. The molecule has 15 heavy (non-hydrogen) atoms. The minimum Gasteiger partial charge on any atom is -0.230 e. The van der Waals surface area contributed by atoms with Crippen molar-refractivity contribution in [2.45, 2.75) is 18.1 Å². The highest BCUT2D eigenvalue weighted by Crippen LogP contribution is 2.29. The Hall–Kier alpha value is -0.820. The van der Waals surface area contributed by atoms with Crippen LogP contribution in [0.4, 0.5) is 13.2 Å². The molecule has 84 valence electrons. The second-order valence-electron chi connectivity index (χ2n) is 2.80. The van der Waals surface area contributed by atoms with Crippen molar-refractivity contribution in [1.29, 1.82) is 0 Å². The minimum atomic E-state index is -4.69. The van der Waals surface area contributed by atoms with E-state index >= 15 is 0 Å². The lowest BCUT2D eigenvalue weighted by molar-refractivity contribution is -0.141. The van der Waals surface area contributed by atoms with E-state index in [0.717, 1.165) is 12.1 Å². The van der Waals surface area contributed by atoms with E-state index in [1.54, 1.807) is 0 Å².